The topological polar surface area (TPSA) is 37.4 Å². The maximum atomic E-state index is 12.3. The van der Waals surface area contributed by atoms with Crippen molar-refractivity contribution in [2.24, 2.45) is 0 Å². The Labute approximate surface area is 117 Å². The summed E-state index contributed by atoms with van der Waals surface area (Å²) in [5, 5.41) is 0. The maximum absolute atomic E-state index is 12.3. The highest BCUT2D eigenvalue weighted by Crippen LogP contribution is 2.16. The summed E-state index contributed by atoms with van der Waals surface area (Å²) in [7, 11) is -1.67. The summed E-state index contributed by atoms with van der Waals surface area (Å²) in [6.45, 7) is 4.79. The summed E-state index contributed by atoms with van der Waals surface area (Å²) in [6, 6.07) is 7.30. The first-order chi connectivity index (χ1) is 9.02. The van der Waals surface area contributed by atoms with E-state index in [0.29, 0.717) is 11.4 Å². The van der Waals surface area contributed by atoms with Crippen molar-refractivity contribution in [1.29, 1.82) is 0 Å². The minimum absolute atomic E-state index is 0.395. The SMILES string of the molecule is CCCCc1ccc(S(=O)(=O)N(C)CCCC)cc1. The summed E-state index contributed by atoms with van der Waals surface area (Å²) >= 11 is 0. The molecule has 4 heteroatoms. The van der Waals surface area contributed by atoms with E-state index in [4.69, 9.17) is 0 Å². The smallest absolute Gasteiger partial charge is 0.207 e. The molecule has 0 fully saturated rings. The molecule has 1 aromatic carbocycles. The van der Waals surface area contributed by atoms with E-state index in [9.17, 15) is 8.42 Å². The molecule has 0 N–H and O–H groups in total. The van der Waals surface area contributed by atoms with Crippen molar-refractivity contribution in [2.45, 2.75) is 50.8 Å². The molecule has 0 aliphatic carbocycles. The van der Waals surface area contributed by atoms with Gasteiger partial charge in [0.15, 0.2) is 0 Å². The number of benzene rings is 1. The summed E-state index contributed by atoms with van der Waals surface area (Å²) < 4.78 is 26.0. The molecular weight excluding hydrogens is 258 g/mol. The molecule has 0 spiro atoms. The summed E-state index contributed by atoms with van der Waals surface area (Å²) in [6.07, 6.45) is 5.20. The zero-order valence-corrected chi connectivity index (χ0v) is 13.0. The van der Waals surface area contributed by atoms with Gasteiger partial charge in [0.25, 0.3) is 0 Å². The Kier molecular flexibility index (Phi) is 6.52. The lowest BCUT2D eigenvalue weighted by Crippen LogP contribution is -2.27. The van der Waals surface area contributed by atoms with Gasteiger partial charge >= 0.3 is 0 Å². The number of aryl methyl sites for hydroxylation is 1. The van der Waals surface area contributed by atoms with Crippen LogP contribution in [-0.2, 0) is 16.4 Å². The van der Waals surface area contributed by atoms with Crippen LogP contribution in [0.1, 0.15) is 45.1 Å². The highest BCUT2D eigenvalue weighted by molar-refractivity contribution is 7.89. The predicted octanol–water partition coefficient (Wildman–Crippen LogP) is 3.45. The van der Waals surface area contributed by atoms with E-state index in [1.807, 2.05) is 12.1 Å². The quantitative estimate of drug-likeness (QED) is 0.733. The molecule has 0 heterocycles. The minimum atomic E-state index is -3.32. The Balaban J connectivity index is 2.78. The molecule has 0 atom stereocenters. The number of rotatable bonds is 8. The van der Waals surface area contributed by atoms with Crippen molar-refractivity contribution in [3.8, 4) is 0 Å². The van der Waals surface area contributed by atoms with Gasteiger partial charge in [-0.1, -0.05) is 38.8 Å². The zero-order valence-electron chi connectivity index (χ0n) is 12.2. The molecule has 0 unspecified atom stereocenters. The zero-order chi connectivity index (χ0) is 14.3. The molecular formula is C15H25NO2S. The normalized spacial score (nSPS) is 12.0. The van der Waals surface area contributed by atoms with Crippen LogP contribution in [0.4, 0.5) is 0 Å². The van der Waals surface area contributed by atoms with Gasteiger partial charge in [-0.05, 0) is 37.0 Å². The fourth-order valence-corrected chi connectivity index (χ4v) is 3.10. The van der Waals surface area contributed by atoms with Crippen molar-refractivity contribution < 1.29 is 8.42 Å². The first-order valence-electron chi connectivity index (χ1n) is 7.07. The van der Waals surface area contributed by atoms with Gasteiger partial charge in [-0.15, -0.1) is 0 Å². The number of sulfonamides is 1. The lowest BCUT2D eigenvalue weighted by Gasteiger charge is -2.17. The van der Waals surface area contributed by atoms with E-state index in [2.05, 4.69) is 13.8 Å². The second-order valence-corrected chi connectivity index (χ2v) is 6.97. The Hall–Kier alpha value is -0.870. The van der Waals surface area contributed by atoms with E-state index in [-0.39, 0.29) is 0 Å². The maximum Gasteiger partial charge on any atom is 0.242 e. The standard InChI is InChI=1S/C15H25NO2S/c1-4-6-8-14-9-11-15(12-10-14)19(17,18)16(3)13-7-5-2/h9-12H,4-8,13H2,1-3H3. The molecule has 108 valence electrons. The van der Waals surface area contributed by atoms with Gasteiger partial charge in [0.05, 0.1) is 4.90 Å². The molecule has 0 saturated carbocycles. The van der Waals surface area contributed by atoms with E-state index in [0.717, 1.165) is 32.1 Å². The Morgan fingerprint density at radius 2 is 1.58 bits per heavy atom. The third-order valence-corrected chi connectivity index (χ3v) is 5.15. The Morgan fingerprint density at radius 3 is 2.11 bits per heavy atom. The number of unbranched alkanes of at least 4 members (excludes halogenated alkanes) is 2. The van der Waals surface area contributed by atoms with Crippen LogP contribution in [0.3, 0.4) is 0 Å². The predicted molar refractivity (Wildman–Crippen MR) is 79.8 cm³/mol. The van der Waals surface area contributed by atoms with Gasteiger partial charge in [0, 0.05) is 13.6 Å². The molecule has 1 aromatic rings. The average Bonchev–Trinajstić information content (AvgIpc) is 2.42. The van der Waals surface area contributed by atoms with Crippen LogP contribution in [0.25, 0.3) is 0 Å². The van der Waals surface area contributed by atoms with E-state index < -0.39 is 10.0 Å². The molecule has 0 bridgehead atoms. The first-order valence-corrected chi connectivity index (χ1v) is 8.51. The van der Waals surface area contributed by atoms with Crippen molar-refractivity contribution in [2.75, 3.05) is 13.6 Å². The third kappa shape index (κ3) is 4.62. The summed E-state index contributed by atoms with van der Waals surface area (Å²) in [5.41, 5.74) is 1.21. The van der Waals surface area contributed by atoms with Crippen LogP contribution in [0.15, 0.2) is 29.2 Å². The number of hydrogen-bond donors (Lipinski definition) is 0. The van der Waals surface area contributed by atoms with Gasteiger partial charge in [0.1, 0.15) is 0 Å². The average molecular weight is 283 g/mol. The number of nitrogens with zero attached hydrogens (tertiary/aromatic N) is 1. The largest absolute Gasteiger partial charge is 0.242 e. The van der Waals surface area contributed by atoms with E-state index in [1.165, 1.54) is 9.87 Å². The molecule has 0 saturated heterocycles. The van der Waals surface area contributed by atoms with Crippen molar-refractivity contribution in [1.82, 2.24) is 4.31 Å². The monoisotopic (exact) mass is 283 g/mol. The Bertz CT molecular complexity index is 465. The van der Waals surface area contributed by atoms with Crippen molar-refractivity contribution in [3.05, 3.63) is 29.8 Å². The molecule has 0 aromatic heterocycles. The van der Waals surface area contributed by atoms with Gasteiger partial charge in [-0.2, -0.15) is 0 Å². The third-order valence-electron chi connectivity index (χ3n) is 3.28. The van der Waals surface area contributed by atoms with Crippen molar-refractivity contribution >= 4 is 10.0 Å². The molecule has 0 radical (unpaired) electrons. The molecule has 1 rings (SSSR count). The van der Waals surface area contributed by atoms with Gasteiger partial charge in [-0.25, -0.2) is 12.7 Å². The van der Waals surface area contributed by atoms with Crippen LogP contribution in [0.5, 0.6) is 0 Å². The highest BCUT2D eigenvalue weighted by atomic mass is 32.2. The van der Waals surface area contributed by atoms with Crippen LogP contribution in [-0.4, -0.2) is 26.3 Å². The molecule has 3 nitrogen and oxygen atoms in total. The van der Waals surface area contributed by atoms with E-state index in [1.54, 1.807) is 19.2 Å². The molecule has 0 aliphatic rings. The van der Waals surface area contributed by atoms with Gasteiger partial charge < -0.3 is 0 Å². The van der Waals surface area contributed by atoms with E-state index >= 15 is 0 Å². The van der Waals surface area contributed by atoms with Crippen molar-refractivity contribution in [3.63, 3.8) is 0 Å². The van der Waals surface area contributed by atoms with Crippen LogP contribution in [0.2, 0.25) is 0 Å². The molecule has 19 heavy (non-hydrogen) atoms. The first kappa shape index (κ1) is 16.2. The lowest BCUT2D eigenvalue weighted by molar-refractivity contribution is 0.459. The second-order valence-electron chi connectivity index (χ2n) is 4.93. The second kappa shape index (κ2) is 7.65. The van der Waals surface area contributed by atoms with Gasteiger partial charge in [-0.3, -0.25) is 0 Å². The van der Waals surface area contributed by atoms with Gasteiger partial charge in [0.2, 0.25) is 10.0 Å². The van der Waals surface area contributed by atoms with Crippen LogP contribution >= 0.6 is 0 Å². The molecule has 0 amide bonds. The Morgan fingerprint density at radius 1 is 1.00 bits per heavy atom. The summed E-state index contributed by atoms with van der Waals surface area (Å²) in [5.74, 6) is 0. The minimum Gasteiger partial charge on any atom is -0.207 e. The highest BCUT2D eigenvalue weighted by Gasteiger charge is 2.19. The van der Waals surface area contributed by atoms with Crippen LogP contribution < -0.4 is 0 Å². The molecule has 0 aliphatic heterocycles. The van der Waals surface area contributed by atoms with Crippen LogP contribution in [0, 0.1) is 0 Å². The fourth-order valence-electron chi connectivity index (χ4n) is 1.89. The number of hydrogen-bond acceptors (Lipinski definition) is 2. The summed E-state index contributed by atoms with van der Waals surface area (Å²) in [4.78, 5) is 0.395. The fraction of sp³-hybridized carbons (Fsp3) is 0.600. The lowest BCUT2D eigenvalue weighted by atomic mass is 10.1.